The minimum atomic E-state index is -0.383. The van der Waals surface area contributed by atoms with Gasteiger partial charge >= 0.3 is 0 Å². The van der Waals surface area contributed by atoms with Crippen LogP contribution in [0.4, 0.5) is 0 Å². The van der Waals surface area contributed by atoms with Crippen LogP contribution in [-0.2, 0) is 0 Å². The molecule has 1 N–H and O–H groups in total. The fourth-order valence-electron chi connectivity index (χ4n) is 3.48. The van der Waals surface area contributed by atoms with Crippen molar-refractivity contribution in [2.45, 2.75) is 37.8 Å². The fraction of sp³-hybridized carbons (Fsp3) is 0.273. The number of ether oxygens (including phenoxy) is 1. The number of benzene rings is 1. The number of pyridine rings is 1. The maximum Gasteiger partial charge on any atom is 0.287 e. The van der Waals surface area contributed by atoms with Crippen LogP contribution in [0.2, 0.25) is 0 Å². The van der Waals surface area contributed by atoms with E-state index >= 15 is 0 Å². The van der Waals surface area contributed by atoms with Crippen molar-refractivity contribution in [3.63, 3.8) is 0 Å². The molecule has 2 heterocycles. The van der Waals surface area contributed by atoms with Gasteiger partial charge in [0.25, 0.3) is 5.91 Å². The summed E-state index contributed by atoms with van der Waals surface area (Å²) in [7, 11) is 0. The van der Waals surface area contributed by atoms with E-state index in [0.717, 1.165) is 25.7 Å². The first-order valence-electron chi connectivity index (χ1n) is 9.49. The Morgan fingerprint density at radius 2 is 1.97 bits per heavy atom. The highest BCUT2D eigenvalue weighted by Gasteiger charge is 2.25. The summed E-state index contributed by atoms with van der Waals surface area (Å²) < 4.78 is 11.5. The number of rotatable bonds is 4. The molecule has 1 aliphatic rings. The average Bonchev–Trinajstić information content (AvgIpc) is 2.75. The highest BCUT2D eigenvalue weighted by molar-refractivity contribution is 5.93. The molecule has 1 amide bonds. The number of amides is 1. The zero-order valence-electron chi connectivity index (χ0n) is 15.6. The van der Waals surface area contributed by atoms with Crippen molar-refractivity contribution in [3.05, 3.63) is 70.2 Å². The summed E-state index contributed by atoms with van der Waals surface area (Å²) >= 11 is 0. The van der Waals surface area contributed by atoms with Gasteiger partial charge in [-0.25, -0.2) is 4.98 Å². The topological polar surface area (TPSA) is 105 Å². The minimum Gasteiger partial charge on any atom is -0.474 e. The number of hydrogen-bond donors (Lipinski definition) is 1. The van der Waals surface area contributed by atoms with Crippen molar-refractivity contribution in [3.8, 4) is 11.9 Å². The number of fused-ring (bicyclic) bond motifs is 1. The lowest BCUT2D eigenvalue weighted by molar-refractivity contribution is 0.0864. The van der Waals surface area contributed by atoms with Crippen LogP contribution in [0, 0.1) is 11.3 Å². The van der Waals surface area contributed by atoms with Crippen LogP contribution in [-0.4, -0.2) is 23.0 Å². The van der Waals surface area contributed by atoms with Gasteiger partial charge in [-0.1, -0.05) is 12.1 Å². The third-order valence-electron chi connectivity index (χ3n) is 5.02. The summed E-state index contributed by atoms with van der Waals surface area (Å²) in [5, 5.41) is 12.2. The molecule has 7 heteroatoms. The molecular formula is C22H19N3O4. The Kier molecular flexibility index (Phi) is 5.25. The van der Waals surface area contributed by atoms with Crippen molar-refractivity contribution in [1.29, 1.82) is 5.26 Å². The van der Waals surface area contributed by atoms with Gasteiger partial charge < -0.3 is 14.5 Å². The monoisotopic (exact) mass is 389 g/mol. The second-order valence-corrected chi connectivity index (χ2v) is 7.03. The second kappa shape index (κ2) is 8.15. The number of hydrogen-bond acceptors (Lipinski definition) is 6. The summed E-state index contributed by atoms with van der Waals surface area (Å²) in [5.41, 5.74) is 0.658. The molecule has 7 nitrogen and oxygen atoms in total. The van der Waals surface area contributed by atoms with Crippen LogP contribution in [0.25, 0.3) is 11.0 Å². The molecule has 146 valence electrons. The van der Waals surface area contributed by atoms with Crippen molar-refractivity contribution < 1.29 is 13.9 Å². The Hall–Kier alpha value is -3.66. The van der Waals surface area contributed by atoms with Gasteiger partial charge in [-0.3, -0.25) is 9.59 Å². The molecule has 2 aromatic heterocycles. The average molecular weight is 389 g/mol. The Morgan fingerprint density at radius 3 is 2.69 bits per heavy atom. The maximum atomic E-state index is 12.5. The maximum absolute atomic E-state index is 12.5. The van der Waals surface area contributed by atoms with E-state index in [0.29, 0.717) is 22.4 Å². The van der Waals surface area contributed by atoms with Gasteiger partial charge in [0, 0.05) is 24.4 Å². The van der Waals surface area contributed by atoms with E-state index in [1.54, 1.807) is 36.4 Å². The first-order chi connectivity index (χ1) is 14.1. The molecule has 0 atom stereocenters. The largest absolute Gasteiger partial charge is 0.474 e. The molecule has 1 saturated carbocycles. The lowest BCUT2D eigenvalue weighted by atomic mass is 9.93. The summed E-state index contributed by atoms with van der Waals surface area (Å²) in [5.74, 6) is 0.134. The molecule has 0 radical (unpaired) electrons. The summed E-state index contributed by atoms with van der Waals surface area (Å²) in [6.07, 6.45) is 4.55. The number of carbonyl (C=O) groups is 1. The van der Waals surface area contributed by atoms with E-state index in [1.165, 1.54) is 12.3 Å². The van der Waals surface area contributed by atoms with Gasteiger partial charge in [0.1, 0.15) is 17.8 Å². The Balaban J connectivity index is 1.34. The molecule has 0 aliphatic heterocycles. The molecule has 29 heavy (non-hydrogen) atoms. The summed E-state index contributed by atoms with van der Waals surface area (Å²) in [4.78, 5) is 28.8. The second-order valence-electron chi connectivity index (χ2n) is 7.03. The molecule has 0 spiro atoms. The van der Waals surface area contributed by atoms with E-state index < -0.39 is 0 Å². The Labute approximate surface area is 166 Å². The normalized spacial score (nSPS) is 18.7. The van der Waals surface area contributed by atoms with Gasteiger partial charge in [-0.15, -0.1) is 0 Å². The van der Waals surface area contributed by atoms with Gasteiger partial charge in [-0.05, 0) is 43.9 Å². The molecule has 1 aliphatic carbocycles. The summed E-state index contributed by atoms with van der Waals surface area (Å²) in [6.45, 7) is 0. The first-order valence-corrected chi connectivity index (χ1v) is 9.49. The quantitative estimate of drug-likeness (QED) is 0.735. The predicted octanol–water partition coefficient (Wildman–Crippen LogP) is 3.18. The van der Waals surface area contributed by atoms with Crippen molar-refractivity contribution >= 4 is 16.9 Å². The van der Waals surface area contributed by atoms with Gasteiger partial charge in [0.2, 0.25) is 5.88 Å². The highest BCUT2D eigenvalue weighted by Crippen LogP contribution is 2.23. The number of nitrogens with one attached hydrogen (secondary N) is 1. The molecule has 0 saturated heterocycles. The van der Waals surface area contributed by atoms with Crippen LogP contribution >= 0.6 is 0 Å². The van der Waals surface area contributed by atoms with E-state index in [-0.39, 0.29) is 29.2 Å². The lowest BCUT2D eigenvalue weighted by Gasteiger charge is -2.29. The summed E-state index contributed by atoms with van der Waals surface area (Å²) in [6, 6.07) is 13.5. The van der Waals surface area contributed by atoms with Crippen molar-refractivity contribution in [1.82, 2.24) is 10.3 Å². The lowest BCUT2D eigenvalue weighted by Crippen LogP contribution is -2.40. The van der Waals surface area contributed by atoms with Gasteiger partial charge in [0.05, 0.1) is 10.9 Å². The van der Waals surface area contributed by atoms with Crippen molar-refractivity contribution in [2.75, 3.05) is 0 Å². The van der Waals surface area contributed by atoms with Crippen LogP contribution in [0.5, 0.6) is 5.88 Å². The number of aromatic nitrogens is 1. The van der Waals surface area contributed by atoms with E-state index in [2.05, 4.69) is 10.3 Å². The molecular weight excluding hydrogens is 370 g/mol. The van der Waals surface area contributed by atoms with E-state index in [4.69, 9.17) is 14.4 Å². The van der Waals surface area contributed by atoms with Crippen molar-refractivity contribution in [2.24, 2.45) is 0 Å². The van der Waals surface area contributed by atoms with Crippen LogP contribution in [0.3, 0.4) is 0 Å². The molecule has 0 bridgehead atoms. The zero-order valence-corrected chi connectivity index (χ0v) is 15.6. The minimum absolute atomic E-state index is 0.00644. The molecule has 3 aromatic rings. The first kappa shape index (κ1) is 18.7. The zero-order chi connectivity index (χ0) is 20.2. The van der Waals surface area contributed by atoms with Crippen LogP contribution in [0.1, 0.15) is 41.8 Å². The predicted molar refractivity (Wildman–Crippen MR) is 106 cm³/mol. The molecule has 1 aromatic carbocycles. The number of carbonyl (C=O) groups excluding carboxylic acids is 1. The standard InChI is InChI=1S/C22H19N3O4/c23-12-14-5-10-21(24-13-14)28-16-8-6-15(7-9-16)25-22(27)20-11-18(26)17-3-1-2-4-19(17)29-20/h1-5,10-11,13,15-16H,6-9H2,(H,25,27). The van der Waals surface area contributed by atoms with Gasteiger partial charge in [0.15, 0.2) is 11.2 Å². The smallest absolute Gasteiger partial charge is 0.287 e. The molecule has 0 unspecified atom stereocenters. The molecule has 4 rings (SSSR count). The number of nitriles is 1. The van der Waals surface area contributed by atoms with Gasteiger partial charge in [-0.2, -0.15) is 5.26 Å². The third kappa shape index (κ3) is 4.27. The Bertz CT molecular complexity index is 1120. The van der Waals surface area contributed by atoms with Crippen LogP contribution < -0.4 is 15.5 Å². The Morgan fingerprint density at radius 1 is 1.17 bits per heavy atom. The third-order valence-corrected chi connectivity index (χ3v) is 5.02. The van der Waals surface area contributed by atoms with Crippen LogP contribution in [0.15, 0.2) is 57.9 Å². The highest BCUT2D eigenvalue weighted by atomic mass is 16.5. The SMILES string of the molecule is N#Cc1ccc(OC2CCC(NC(=O)c3cc(=O)c4ccccc4o3)CC2)nc1. The van der Waals surface area contributed by atoms with E-state index in [1.807, 2.05) is 6.07 Å². The fourth-order valence-corrected chi connectivity index (χ4v) is 3.48. The number of nitrogens with zero attached hydrogens (tertiary/aromatic N) is 2. The van der Waals surface area contributed by atoms with E-state index in [9.17, 15) is 9.59 Å². The molecule has 1 fully saturated rings. The number of para-hydroxylation sites is 1.